The molecule has 2 N–H and O–H groups in total. The second-order valence-corrected chi connectivity index (χ2v) is 4.16. The molecule has 6 heteroatoms. The molecule has 80 valence electrons. The first-order valence-corrected chi connectivity index (χ1v) is 5.12. The van der Waals surface area contributed by atoms with Gasteiger partial charge in [0.15, 0.2) is 0 Å². The van der Waals surface area contributed by atoms with E-state index in [4.69, 9.17) is 10.2 Å². The number of rotatable bonds is 2. The lowest BCUT2D eigenvalue weighted by Crippen LogP contribution is -2.27. The van der Waals surface area contributed by atoms with Gasteiger partial charge in [-0.25, -0.2) is 0 Å². The lowest BCUT2D eigenvalue weighted by Gasteiger charge is -2.13. The van der Waals surface area contributed by atoms with Gasteiger partial charge in [0.25, 0.3) is 0 Å². The zero-order valence-electron chi connectivity index (χ0n) is 8.22. The van der Waals surface area contributed by atoms with E-state index in [0.717, 1.165) is 12.8 Å². The fourth-order valence-electron chi connectivity index (χ4n) is 2.05. The zero-order chi connectivity index (χ0) is 10.4. The van der Waals surface area contributed by atoms with Crippen LogP contribution < -0.4 is 5.73 Å². The second-order valence-electron chi connectivity index (χ2n) is 4.16. The van der Waals surface area contributed by atoms with Crippen LogP contribution in [0.2, 0.25) is 0 Å². The Kier molecular flexibility index (Phi) is 1.71. The van der Waals surface area contributed by atoms with Gasteiger partial charge in [0, 0.05) is 19.0 Å². The van der Waals surface area contributed by atoms with Crippen molar-refractivity contribution in [2.24, 2.45) is 0 Å². The molecule has 1 aliphatic carbocycles. The van der Waals surface area contributed by atoms with Gasteiger partial charge >= 0.3 is 6.01 Å². The minimum absolute atomic E-state index is 0.0305. The lowest BCUT2D eigenvalue weighted by molar-refractivity contribution is -0.128. The third-order valence-electron chi connectivity index (χ3n) is 2.95. The summed E-state index contributed by atoms with van der Waals surface area (Å²) >= 11 is 0. The summed E-state index contributed by atoms with van der Waals surface area (Å²) in [5.74, 6) is 0.714. The molecule has 0 radical (unpaired) electrons. The number of carbonyl (C=O) groups excluding carboxylic acids is 1. The van der Waals surface area contributed by atoms with Crippen molar-refractivity contribution in [3.05, 3.63) is 5.89 Å². The quantitative estimate of drug-likeness (QED) is 0.746. The molecule has 6 nitrogen and oxygen atoms in total. The molecule has 0 spiro atoms. The second kappa shape index (κ2) is 2.95. The van der Waals surface area contributed by atoms with Gasteiger partial charge in [0.05, 0.1) is 5.92 Å². The first-order chi connectivity index (χ1) is 7.24. The SMILES string of the molecule is Nc1nnc([C@H]2CC(=O)N(C3CC3)C2)o1. The monoisotopic (exact) mass is 208 g/mol. The number of nitrogens with zero attached hydrogens (tertiary/aromatic N) is 3. The van der Waals surface area contributed by atoms with E-state index < -0.39 is 0 Å². The maximum absolute atomic E-state index is 11.7. The highest BCUT2D eigenvalue weighted by atomic mass is 16.4. The normalized spacial score (nSPS) is 26.3. The van der Waals surface area contributed by atoms with Gasteiger partial charge in [0.2, 0.25) is 11.8 Å². The van der Waals surface area contributed by atoms with Crippen molar-refractivity contribution in [3.63, 3.8) is 0 Å². The maximum atomic E-state index is 11.7. The van der Waals surface area contributed by atoms with Crippen LogP contribution in [-0.2, 0) is 4.79 Å². The molecule has 1 amide bonds. The van der Waals surface area contributed by atoms with Gasteiger partial charge in [-0.3, -0.25) is 4.79 Å². The summed E-state index contributed by atoms with van der Waals surface area (Å²) in [4.78, 5) is 13.6. The number of likely N-dealkylation sites (tertiary alicyclic amines) is 1. The molecule has 0 aromatic carbocycles. The Morgan fingerprint density at radius 3 is 2.80 bits per heavy atom. The Labute approximate surface area is 86.4 Å². The van der Waals surface area contributed by atoms with E-state index >= 15 is 0 Å². The average Bonchev–Trinajstić information content (AvgIpc) is 2.84. The molecule has 1 saturated heterocycles. The Morgan fingerprint density at radius 2 is 2.20 bits per heavy atom. The van der Waals surface area contributed by atoms with E-state index in [9.17, 15) is 4.79 Å². The molecule has 1 aliphatic heterocycles. The highest BCUT2D eigenvalue weighted by molar-refractivity contribution is 5.80. The number of carbonyl (C=O) groups is 1. The Balaban J connectivity index is 1.76. The highest BCUT2D eigenvalue weighted by Gasteiger charge is 2.41. The molecule has 15 heavy (non-hydrogen) atoms. The molecule has 1 saturated carbocycles. The van der Waals surface area contributed by atoms with Gasteiger partial charge in [-0.15, -0.1) is 5.10 Å². The molecule has 2 aliphatic rings. The molecule has 2 fully saturated rings. The van der Waals surface area contributed by atoms with Crippen LogP contribution in [0.25, 0.3) is 0 Å². The predicted molar refractivity (Wildman–Crippen MR) is 50.8 cm³/mol. The number of hydrogen-bond donors (Lipinski definition) is 1. The summed E-state index contributed by atoms with van der Waals surface area (Å²) in [6.07, 6.45) is 2.73. The van der Waals surface area contributed by atoms with Crippen LogP contribution in [0, 0.1) is 0 Å². The van der Waals surface area contributed by atoms with Crippen molar-refractivity contribution >= 4 is 11.9 Å². The Bertz CT molecular complexity index is 399. The number of anilines is 1. The van der Waals surface area contributed by atoms with Crippen LogP contribution in [0.5, 0.6) is 0 Å². The molecule has 0 bridgehead atoms. The third kappa shape index (κ3) is 1.45. The van der Waals surface area contributed by atoms with E-state index in [2.05, 4.69) is 10.2 Å². The number of hydrogen-bond acceptors (Lipinski definition) is 5. The van der Waals surface area contributed by atoms with E-state index in [1.807, 2.05) is 4.90 Å². The van der Waals surface area contributed by atoms with Gasteiger partial charge < -0.3 is 15.1 Å². The number of aromatic nitrogens is 2. The standard InChI is InChI=1S/C9H12N4O2/c10-9-12-11-8(15-9)5-3-7(14)13(4-5)6-1-2-6/h5-6H,1-4H2,(H2,10,12)/t5-/m0/s1. The van der Waals surface area contributed by atoms with Crippen molar-refractivity contribution in [1.82, 2.24) is 15.1 Å². The highest BCUT2D eigenvalue weighted by Crippen LogP contribution is 2.36. The van der Waals surface area contributed by atoms with Gasteiger partial charge in [-0.05, 0) is 12.8 Å². The molecule has 1 atom stereocenters. The predicted octanol–water partition coefficient (Wildman–Crippen LogP) is 0.130. The van der Waals surface area contributed by atoms with Crippen LogP contribution in [-0.4, -0.2) is 33.6 Å². The fraction of sp³-hybridized carbons (Fsp3) is 0.667. The van der Waals surface area contributed by atoms with Gasteiger partial charge in [-0.2, -0.15) is 0 Å². The minimum atomic E-state index is 0.0305. The topological polar surface area (TPSA) is 85.2 Å². The largest absolute Gasteiger partial charge is 0.408 e. The van der Waals surface area contributed by atoms with Crippen molar-refractivity contribution in [3.8, 4) is 0 Å². The van der Waals surface area contributed by atoms with Crippen molar-refractivity contribution < 1.29 is 9.21 Å². The van der Waals surface area contributed by atoms with Crippen molar-refractivity contribution in [2.75, 3.05) is 12.3 Å². The van der Waals surface area contributed by atoms with E-state index in [-0.39, 0.29) is 17.8 Å². The van der Waals surface area contributed by atoms with Crippen molar-refractivity contribution in [1.29, 1.82) is 0 Å². The fourth-order valence-corrected chi connectivity index (χ4v) is 2.05. The van der Waals surface area contributed by atoms with Gasteiger partial charge in [0.1, 0.15) is 0 Å². The van der Waals surface area contributed by atoms with Crippen LogP contribution in [0.3, 0.4) is 0 Å². The first-order valence-electron chi connectivity index (χ1n) is 5.12. The molecular weight excluding hydrogens is 196 g/mol. The third-order valence-corrected chi connectivity index (χ3v) is 2.95. The van der Waals surface area contributed by atoms with E-state index in [1.165, 1.54) is 0 Å². The molecule has 0 unspecified atom stereocenters. The van der Waals surface area contributed by atoms with Crippen LogP contribution in [0.1, 0.15) is 31.1 Å². The van der Waals surface area contributed by atoms with Crippen LogP contribution in [0.4, 0.5) is 6.01 Å². The Hall–Kier alpha value is -1.59. The minimum Gasteiger partial charge on any atom is -0.408 e. The molecule has 1 aromatic rings. The maximum Gasteiger partial charge on any atom is 0.312 e. The summed E-state index contributed by atoms with van der Waals surface area (Å²) < 4.78 is 5.14. The van der Waals surface area contributed by atoms with Crippen molar-refractivity contribution in [2.45, 2.75) is 31.2 Å². The lowest BCUT2D eigenvalue weighted by atomic mass is 10.1. The summed E-state index contributed by atoms with van der Waals surface area (Å²) in [5.41, 5.74) is 5.35. The zero-order valence-corrected chi connectivity index (χ0v) is 8.22. The summed E-state index contributed by atoms with van der Waals surface area (Å²) in [7, 11) is 0. The summed E-state index contributed by atoms with van der Waals surface area (Å²) in [6.45, 7) is 0.700. The Morgan fingerprint density at radius 1 is 1.40 bits per heavy atom. The summed E-state index contributed by atoms with van der Waals surface area (Å²) in [6, 6.07) is 0.532. The average molecular weight is 208 g/mol. The van der Waals surface area contributed by atoms with E-state index in [1.54, 1.807) is 0 Å². The number of nitrogen functional groups attached to an aromatic ring is 1. The molecular formula is C9H12N4O2. The van der Waals surface area contributed by atoms with E-state index in [0.29, 0.717) is 24.9 Å². The molecule has 1 aromatic heterocycles. The smallest absolute Gasteiger partial charge is 0.312 e. The molecule has 3 rings (SSSR count). The number of nitrogens with two attached hydrogens (primary N) is 1. The van der Waals surface area contributed by atoms with Gasteiger partial charge in [-0.1, -0.05) is 5.10 Å². The first kappa shape index (κ1) is 8.70. The molecule has 2 heterocycles. The summed E-state index contributed by atoms with van der Waals surface area (Å²) in [5, 5.41) is 7.43. The van der Waals surface area contributed by atoms with Crippen LogP contribution in [0.15, 0.2) is 4.42 Å². The number of amides is 1. The van der Waals surface area contributed by atoms with Crippen LogP contribution >= 0.6 is 0 Å².